The van der Waals surface area contributed by atoms with Crippen LogP contribution in [-0.2, 0) is 15.6 Å². The number of halogens is 2. The minimum atomic E-state index is -0.838. The fraction of sp³-hybridized carbons (Fsp3) is 0.412. The SMILES string of the molecule is COc1cc(C(=O)N2CCC(CCNC(=O)C3(c4ccccc4)CCNCC3)(c3ccc(F)cc3F)C2)cc(OC)c1OC. The Balaban J connectivity index is 1.39. The van der Waals surface area contributed by atoms with Gasteiger partial charge in [-0.1, -0.05) is 36.4 Å². The second-order valence-corrected chi connectivity index (χ2v) is 11.5. The average Bonchev–Trinajstić information content (AvgIpc) is 3.49. The Kier molecular flexibility index (Phi) is 9.39. The number of methoxy groups -OCH3 is 3. The summed E-state index contributed by atoms with van der Waals surface area (Å²) in [4.78, 5) is 29.2. The van der Waals surface area contributed by atoms with Gasteiger partial charge < -0.3 is 29.7 Å². The first-order valence-corrected chi connectivity index (χ1v) is 14.9. The molecule has 0 radical (unpaired) electrons. The minimum absolute atomic E-state index is 0.0664. The van der Waals surface area contributed by atoms with Crippen molar-refractivity contribution in [3.63, 3.8) is 0 Å². The van der Waals surface area contributed by atoms with E-state index in [1.54, 1.807) is 17.0 Å². The largest absolute Gasteiger partial charge is 0.493 e. The quantitative estimate of drug-likeness (QED) is 0.350. The molecule has 44 heavy (non-hydrogen) atoms. The van der Waals surface area contributed by atoms with Crippen molar-refractivity contribution in [2.24, 2.45) is 0 Å². The first kappa shape index (κ1) is 31.3. The molecule has 2 aliphatic rings. The molecule has 2 aliphatic heterocycles. The maximum absolute atomic E-state index is 15.4. The van der Waals surface area contributed by atoms with E-state index in [9.17, 15) is 14.0 Å². The third-order valence-electron chi connectivity index (χ3n) is 9.16. The van der Waals surface area contributed by atoms with Gasteiger partial charge in [0.2, 0.25) is 11.7 Å². The van der Waals surface area contributed by atoms with Crippen molar-refractivity contribution >= 4 is 11.8 Å². The molecule has 1 atom stereocenters. The molecule has 5 rings (SSSR count). The van der Waals surface area contributed by atoms with Crippen LogP contribution >= 0.6 is 0 Å². The second kappa shape index (κ2) is 13.2. The summed E-state index contributed by atoms with van der Waals surface area (Å²) in [6, 6.07) is 16.5. The molecule has 2 N–H and O–H groups in total. The van der Waals surface area contributed by atoms with E-state index in [-0.39, 0.29) is 24.9 Å². The molecule has 1 unspecified atom stereocenters. The van der Waals surface area contributed by atoms with E-state index in [2.05, 4.69) is 10.6 Å². The van der Waals surface area contributed by atoms with Crippen LogP contribution in [0, 0.1) is 11.6 Å². The lowest BCUT2D eigenvalue weighted by Gasteiger charge is -2.37. The van der Waals surface area contributed by atoms with E-state index in [0.29, 0.717) is 60.6 Å². The Labute approximate surface area is 256 Å². The van der Waals surface area contributed by atoms with Crippen LogP contribution < -0.4 is 24.8 Å². The van der Waals surface area contributed by atoms with E-state index in [4.69, 9.17) is 14.2 Å². The van der Waals surface area contributed by atoms with Crippen LogP contribution in [0.3, 0.4) is 0 Å². The summed E-state index contributed by atoms with van der Waals surface area (Å²) in [5, 5.41) is 6.49. The maximum atomic E-state index is 15.4. The number of amides is 2. The summed E-state index contributed by atoms with van der Waals surface area (Å²) in [5.41, 5.74) is 0.133. The van der Waals surface area contributed by atoms with Crippen LogP contribution in [0.4, 0.5) is 8.78 Å². The van der Waals surface area contributed by atoms with Crippen molar-refractivity contribution in [1.29, 1.82) is 0 Å². The van der Waals surface area contributed by atoms with Crippen molar-refractivity contribution < 1.29 is 32.6 Å². The zero-order valence-corrected chi connectivity index (χ0v) is 25.4. The number of likely N-dealkylation sites (tertiary alicyclic amines) is 1. The standard InChI is InChI=1S/C34H39F2N3O5/c1-42-28-19-23(20-29(43-2)30(28)44-3)31(40)39-18-14-33(22-39,26-10-9-25(35)21-27(26)36)11-17-38-32(41)34(12-15-37-16-13-34)24-7-5-4-6-8-24/h4-10,19-21,37H,11-18,22H2,1-3H3,(H,38,41). The Morgan fingerprint density at radius 3 is 2.20 bits per heavy atom. The molecule has 3 aromatic carbocycles. The molecule has 2 amide bonds. The third-order valence-corrected chi connectivity index (χ3v) is 9.16. The van der Waals surface area contributed by atoms with E-state index in [0.717, 1.165) is 24.7 Å². The van der Waals surface area contributed by atoms with Gasteiger partial charge >= 0.3 is 0 Å². The van der Waals surface area contributed by atoms with Crippen molar-refractivity contribution in [3.05, 3.63) is 89.0 Å². The van der Waals surface area contributed by atoms with Gasteiger partial charge in [0, 0.05) is 36.7 Å². The van der Waals surface area contributed by atoms with Crippen LogP contribution in [-0.4, -0.2) is 70.8 Å². The molecule has 0 aromatic heterocycles. The highest BCUT2D eigenvalue weighted by molar-refractivity contribution is 5.96. The molecule has 0 spiro atoms. The summed E-state index contributed by atoms with van der Waals surface area (Å²) < 4.78 is 45.6. The summed E-state index contributed by atoms with van der Waals surface area (Å²) in [5.74, 6) is -0.630. The molecule has 234 valence electrons. The first-order chi connectivity index (χ1) is 21.3. The van der Waals surface area contributed by atoms with E-state index in [1.807, 2.05) is 30.3 Å². The number of piperidine rings is 1. The highest BCUT2D eigenvalue weighted by Crippen LogP contribution is 2.42. The lowest BCUT2D eigenvalue weighted by molar-refractivity contribution is -0.127. The zero-order valence-electron chi connectivity index (χ0n) is 25.4. The van der Waals surface area contributed by atoms with Crippen LogP contribution in [0.15, 0.2) is 60.7 Å². The topological polar surface area (TPSA) is 89.1 Å². The lowest BCUT2D eigenvalue weighted by atomic mass is 9.72. The van der Waals surface area contributed by atoms with Gasteiger partial charge in [0.15, 0.2) is 11.5 Å². The number of carbonyl (C=O) groups is 2. The van der Waals surface area contributed by atoms with Crippen molar-refractivity contribution in [2.45, 2.75) is 36.5 Å². The van der Waals surface area contributed by atoms with E-state index >= 15 is 4.39 Å². The van der Waals surface area contributed by atoms with Gasteiger partial charge in [0.05, 0.1) is 26.7 Å². The minimum Gasteiger partial charge on any atom is -0.493 e. The third kappa shape index (κ3) is 5.95. The molecule has 3 aromatic rings. The Bertz CT molecular complexity index is 1470. The van der Waals surface area contributed by atoms with Crippen molar-refractivity contribution in [1.82, 2.24) is 15.5 Å². The molecule has 2 heterocycles. The van der Waals surface area contributed by atoms with Crippen LogP contribution in [0.1, 0.15) is 47.2 Å². The summed E-state index contributed by atoms with van der Waals surface area (Å²) in [7, 11) is 4.44. The maximum Gasteiger partial charge on any atom is 0.254 e. The second-order valence-electron chi connectivity index (χ2n) is 11.5. The lowest BCUT2D eigenvalue weighted by Crippen LogP contribution is -2.51. The fourth-order valence-electron chi connectivity index (χ4n) is 6.75. The van der Waals surface area contributed by atoms with Gasteiger partial charge in [-0.15, -0.1) is 0 Å². The van der Waals surface area contributed by atoms with Gasteiger partial charge in [-0.05, 0) is 68.1 Å². The molecule has 0 aliphatic carbocycles. The molecule has 0 bridgehead atoms. The number of ether oxygens (including phenoxy) is 3. The molecule has 0 saturated carbocycles. The number of hydrogen-bond donors (Lipinski definition) is 2. The van der Waals surface area contributed by atoms with E-state index < -0.39 is 22.5 Å². The zero-order chi connectivity index (χ0) is 31.3. The van der Waals surface area contributed by atoms with Gasteiger partial charge in [-0.25, -0.2) is 8.78 Å². The highest BCUT2D eigenvalue weighted by atomic mass is 19.1. The smallest absolute Gasteiger partial charge is 0.254 e. The van der Waals surface area contributed by atoms with Crippen molar-refractivity contribution in [3.8, 4) is 17.2 Å². The van der Waals surface area contributed by atoms with Crippen LogP contribution in [0.2, 0.25) is 0 Å². The predicted octanol–water partition coefficient (Wildman–Crippen LogP) is 4.60. The fourth-order valence-corrected chi connectivity index (χ4v) is 6.75. The molecular formula is C34H39F2N3O5. The van der Waals surface area contributed by atoms with Gasteiger partial charge in [0.1, 0.15) is 11.6 Å². The number of nitrogens with zero attached hydrogens (tertiary/aromatic N) is 1. The summed E-state index contributed by atoms with van der Waals surface area (Å²) >= 11 is 0. The molecule has 8 nitrogen and oxygen atoms in total. The Morgan fingerprint density at radius 1 is 0.909 bits per heavy atom. The monoisotopic (exact) mass is 607 g/mol. The Hall–Kier alpha value is -4.18. The molecular weight excluding hydrogens is 568 g/mol. The van der Waals surface area contributed by atoms with Gasteiger partial charge in [-0.3, -0.25) is 9.59 Å². The normalized spacial score (nSPS) is 19.3. The van der Waals surface area contributed by atoms with E-state index in [1.165, 1.54) is 33.5 Å². The van der Waals surface area contributed by atoms with Crippen LogP contribution in [0.25, 0.3) is 0 Å². The van der Waals surface area contributed by atoms with Gasteiger partial charge in [0.25, 0.3) is 5.91 Å². The molecule has 10 heteroatoms. The summed E-state index contributed by atoms with van der Waals surface area (Å²) in [6.07, 6.45) is 2.13. The van der Waals surface area contributed by atoms with Gasteiger partial charge in [-0.2, -0.15) is 0 Å². The highest BCUT2D eigenvalue weighted by Gasteiger charge is 2.45. The number of nitrogens with one attached hydrogen (secondary N) is 2. The number of hydrogen-bond acceptors (Lipinski definition) is 6. The predicted molar refractivity (Wildman–Crippen MR) is 163 cm³/mol. The van der Waals surface area contributed by atoms with Crippen molar-refractivity contribution in [2.75, 3.05) is 54.1 Å². The number of rotatable bonds is 10. The Morgan fingerprint density at radius 2 is 1.59 bits per heavy atom. The first-order valence-electron chi connectivity index (χ1n) is 14.9. The van der Waals surface area contributed by atoms with Crippen LogP contribution in [0.5, 0.6) is 17.2 Å². The number of carbonyl (C=O) groups excluding carboxylic acids is 2. The summed E-state index contributed by atoms with van der Waals surface area (Å²) in [6.45, 7) is 2.26. The molecule has 2 saturated heterocycles. The number of benzene rings is 3. The molecule has 2 fully saturated rings. The average molecular weight is 608 g/mol.